The maximum atomic E-state index is 12.8. The van der Waals surface area contributed by atoms with Gasteiger partial charge < -0.3 is 28.6 Å². The molecule has 0 saturated carbocycles. The molecule has 0 amide bonds. The summed E-state index contributed by atoms with van der Waals surface area (Å²) in [5.41, 5.74) is 5.55. The van der Waals surface area contributed by atoms with E-state index in [1.54, 1.807) is 34.0 Å². The van der Waals surface area contributed by atoms with Crippen molar-refractivity contribution in [2.24, 2.45) is 0 Å². The summed E-state index contributed by atoms with van der Waals surface area (Å²) >= 11 is 13.0. The predicted octanol–water partition coefficient (Wildman–Crippen LogP) is 7.34. The molecular weight excluding hydrogens is 713 g/mol. The fraction of sp³-hybridized carbons (Fsp3) is 0.325. The lowest BCUT2D eigenvalue weighted by molar-refractivity contribution is -0.188. The minimum atomic E-state index is -1.15. The smallest absolute Gasteiger partial charge is 0.350 e. The summed E-state index contributed by atoms with van der Waals surface area (Å²) in [5, 5.41) is 5.32. The number of para-hydroxylation sites is 2. The predicted molar refractivity (Wildman–Crippen MR) is 208 cm³/mol. The Balaban J connectivity index is 0.872. The van der Waals surface area contributed by atoms with Crippen molar-refractivity contribution in [2.45, 2.75) is 44.7 Å². The largest absolute Gasteiger partial charge is 0.491 e. The standard InChI is InChI=1S/C40H41Cl2N7O4/c1-3-28(2)49-39(50)48(27-44-49)32-11-9-30(10-12-32)45-18-20-46(21-19-45)31-13-15-33(16-14-31)51-23-34-24-52-40(53-34,35-17-8-29(41)22-36(35)42)25-47-26-43-37-6-4-5-7-38(37)47/h4-17,22,26-28,34H,3,18-21,23-25H2,1-2H3/t28?,34-,40-/m1/s1. The van der Waals surface area contributed by atoms with E-state index in [0.29, 0.717) is 35.4 Å². The number of hydrogen-bond acceptors (Lipinski definition) is 8. The first-order valence-corrected chi connectivity index (χ1v) is 18.7. The minimum Gasteiger partial charge on any atom is -0.491 e. The first-order chi connectivity index (χ1) is 25.8. The van der Waals surface area contributed by atoms with E-state index >= 15 is 0 Å². The summed E-state index contributed by atoms with van der Waals surface area (Å²) in [5.74, 6) is -0.392. The highest BCUT2D eigenvalue weighted by Gasteiger charge is 2.45. The second kappa shape index (κ2) is 14.9. The quantitative estimate of drug-likeness (QED) is 0.136. The van der Waals surface area contributed by atoms with E-state index in [-0.39, 0.29) is 17.8 Å². The average molecular weight is 755 g/mol. The molecule has 0 N–H and O–H groups in total. The Kier molecular flexibility index (Phi) is 9.91. The van der Waals surface area contributed by atoms with E-state index < -0.39 is 5.79 Å². The van der Waals surface area contributed by atoms with E-state index in [1.165, 1.54) is 0 Å². The van der Waals surface area contributed by atoms with E-state index in [9.17, 15) is 4.79 Å². The van der Waals surface area contributed by atoms with Gasteiger partial charge in [-0.05, 0) is 86.1 Å². The van der Waals surface area contributed by atoms with Crippen LogP contribution in [-0.2, 0) is 21.8 Å². The molecule has 8 rings (SSSR count). The second-order valence-electron chi connectivity index (χ2n) is 13.6. The third kappa shape index (κ3) is 7.14. The van der Waals surface area contributed by atoms with Crippen LogP contribution in [0, 0.1) is 0 Å². The summed E-state index contributed by atoms with van der Waals surface area (Å²) in [6, 6.07) is 29.7. The average Bonchev–Trinajstić information content (AvgIpc) is 3.91. The lowest BCUT2D eigenvalue weighted by Crippen LogP contribution is -2.46. The van der Waals surface area contributed by atoms with Crippen LogP contribution < -0.4 is 20.2 Å². The van der Waals surface area contributed by atoms with Gasteiger partial charge in [0.25, 0.3) is 0 Å². The van der Waals surface area contributed by atoms with Crippen molar-refractivity contribution >= 4 is 45.6 Å². The number of benzene rings is 4. The van der Waals surface area contributed by atoms with Crippen molar-refractivity contribution in [1.29, 1.82) is 0 Å². The van der Waals surface area contributed by atoms with Gasteiger partial charge in [0, 0.05) is 48.1 Å². The molecule has 11 nitrogen and oxygen atoms in total. The zero-order valence-corrected chi connectivity index (χ0v) is 31.2. The molecule has 2 aliphatic rings. The number of ether oxygens (including phenoxy) is 3. The lowest BCUT2D eigenvalue weighted by Gasteiger charge is -2.37. The van der Waals surface area contributed by atoms with Gasteiger partial charge in [0.2, 0.25) is 5.79 Å². The highest BCUT2D eigenvalue weighted by atomic mass is 35.5. The third-order valence-corrected chi connectivity index (χ3v) is 10.8. The van der Waals surface area contributed by atoms with Crippen molar-refractivity contribution in [3.8, 4) is 11.4 Å². The zero-order chi connectivity index (χ0) is 36.5. The fourth-order valence-corrected chi connectivity index (χ4v) is 7.63. The van der Waals surface area contributed by atoms with Crippen molar-refractivity contribution in [2.75, 3.05) is 49.2 Å². The van der Waals surface area contributed by atoms with Crippen molar-refractivity contribution < 1.29 is 14.2 Å². The van der Waals surface area contributed by atoms with E-state index in [1.807, 2.05) is 66.1 Å². The number of aromatic nitrogens is 5. The van der Waals surface area contributed by atoms with Crippen LogP contribution in [0.1, 0.15) is 31.9 Å². The Bertz CT molecular complexity index is 2250. The third-order valence-electron chi connectivity index (χ3n) is 10.2. The van der Waals surface area contributed by atoms with Crippen LogP contribution in [0.15, 0.2) is 108 Å². The summed E-state index contributed by atoms with van der Waals surface area (Å²) in [4.78, 5) is 22.1. The van der Waals surface area contributed by atoms with Crippen molar-refractivity contribution in [3.05, 3.63) is 130 Å². The maximum Gasteiger partial charge on any atom is 0.350 e. The van der Waals surface area contributed by atoms with Crippen molar-refractivity contribution in [1.82, 2.24) is 23.9 Å². The van der Waals surface area contributed by atoms with Gasteiger partial charge in [-0.15, -0.1) is 0 Å². The molecule has 4 heterocycles. The summed E-state index contributed by atoms with van der Waals surface area (Å²) < 4.78 is 24.5. The van der Waals surface area contributed by atoms with Gasteiger partial charge >= 0.3 is 5.69 Å². The molecule has 3 atom stereocenters. The fourth-order valence-electron chi connectivity index (χ4n) is 7.07. The normalized spacial score (nSPS) is 19.6. The van der Waals surface area contributed by atoms with Crippen LogP contribution >= 0.6 is 23.2 Å². The molecule has 0 spiro atoms. The minimum absolute atomic E-state index is 0.0634. The maximum absolute atomic E-state index is 12.8. The van der Waals surface area contributed by atoms with Crippen LogP contribution in [0.2, 0.25) is 10.0 Å². The van der Waals surface area contributed by atoms with Gasteiger partial charge in [-0.1, -0.05) is 48.3 Å². The Hall–Kier alpha value is -4.81. The molecular formula is C40H41Cl2N7O4. The molecule has 6 aromatic rings. The lowest BCUT2D eigenvalue weighted by atomic mass is 10.1. The number of nitrogens with zero attached hydrogens (tertiary/aromatic N) is 7. The van der Waals surface area contributed by atoms with Crippen LogP contribution in [-0.4, -0.2) is 69.4 Å². The number of halogens is 2. The van der Waals surface area contributed by atoms with Crippen LogP contribution in [0.3, 0.4) is 0 Å². The first-order valence-electron chi connectivity index (χ1n) is 18.0. The molecule has 13 heteroatoms. The SMILES string of the molecule is CCC(C)n1ncn(-c2ccc(N3CCN(c4ccc(OC[C@@H]5CO[C@@](Cn6cnc7ccccc76)(c6ccc(Cl)cc6Cl)O5)cc4)CC3)cc2)c1=O. The monoisotopic (exact) mass is 753 g/mol. The van der Waals surface area contributed by atoms with Crippen LogP contribution in [0.5, 0.6) is 5.75 Å². The Morgan fingerprint density at radius 2 is 1.57 bits per heavy atom. The number of piperazine rings is 1. The van der Waals surface area contributed by atoms with E-state index in [0.717, 1.165) is 66.4 Å². The van der Waals surface area contributed by atoms with Gasteiger partial charge in [-0.25, -0.2) is 19.0 Å². The first kappa shape index (κ1) is 35.2. The molecule has 0 radical (unpaired) electrons. The molecule has 0 bridgehead atoms. The molecule has 0 aliphatic carbocycles. The number of hydrogen-bond donors (Lipinski definition) is 0. The summed E-state index contributed by atoms with van der Waals surface area (Å²) in [6.07, 6.45) is 3.91. The molecule has 2 aliphatic heterocycles. The van der Waals surface area contributed by atoms with Crippen LogP contribution in [0.25, 0.3) is 16.7 Å². The Morgan fingerprint density at radius 1 is 0.887 bits per heavy atom. The molecule has 1 unspecified atom stereocenters. The number of anilines is 2. The number of rotatable bonds is 11. The number of fused-ring (bicyclic) bond motifs is 1. The molecule has 2 aromatic heterocycles. The van der Waals surface area contributed by atoms with E-state index in [4.69, 9.17) is 37.4 Å². The highest BCUT2D eigenvalue weighted by Crippen LogP contribution is 2.41. The molecule has 2 saturated heterocycles. The van der Waals surface area contributed by atoms with Crippen LogP contribution in [0.4, 0.5) is 11.4 Å². The summed E-state index contributed by atoms with van der Waals surface area (Å²) in [7, 11) is 0. The summed E-state index contributed by atoms with van der Waals surface area (Å²) in [6.45, 7) is 8.59. The van der Waals surface area contributed by atoms with Gasteiger partial charge in [0.15, 0.2) is 0 Å². The second-order valence-corrected chi connectivity index (χ2v) is 14.4. The molecule has 2 fully saturated rings. The molecule has 4 aromatic carbocycles. The number of imidazole rings is 1. The molecule has 274 valence electrons. The topological polar surface area (TPSA) is 91.8 Å². The van der Waals surface area contributed by atoms with Gasteiger partial charge in [0.1, 0.15) is 24.8 Å². The Morgan fingerprint density at radius 3 is 2.26 bits per heavy atom. The van der Waals surface area contributed by atoms with E-state index in [2.05, 4.69) is 51.1 Å². The van der Waals surface area contributed by atoms with Crippen molar-refractivity contribution in [3.63, 3.8) is 0 Å². The van der Waals surface area contributed by atoms with Gasteiger partial charge in [-0.3, -0.25) is 0 Å². The van der Waals surface area contributed by atoms with Gasteiger partial charge in [-0.2, -0.15) is 5.10 Å². The molecule has 53 heavy (non-hydrogen) atoms. The zero-order valence-electron chi connectivity index (χ0n) is 29.6. The Labute approximate surface area is 317 Å². The highest BCUT2D eigenvalue weighted by molar-refractivity contribution is 6.35. The van der Waals surface area contributed by atoms with Gasteiger partial charge in [0.05, 0.1) is 47.3 Å².